The van der Waals surface area contributed by atoms with E-state index in [1.54, 1.807) is 0 Å². The maximum Gasteiger partial charge on any atom is 0.0425 e. The molecule has 3 atom stereocenters. The van der Waals surface area contributed by atoms with Crippen molar-refractivity contribution in [2.24, 2.45) is 11.7 Å². The van der Waals surface area contributed by atoms with E-state index in [1.165, 1.54) is 43.7 Å². The molecule has 0 bridgehead atoms. The number of nitrogens with zero attached hydrogens (tertiary/aromatic N) is 1. The van der Waals surface area contributed by atoms with E-state index in [0.29, 0.717) is 5.54 Å². The Morgan fingerprint density at radius 1 is 1.38 bits per heavy atom. The monoisotopic (exact) mass is 242 g/mol. The number of rotatable bonds is 2. The number of thioether (sulfide) groups is 1. The van der Waals surface area contributed by atoms with E-state index in [1.807, 2.05) is 0 Å². The predicted molar refractivity (Wildman–Crippen MR) is 72.9 cm³/mol. The third-order valence-corrected chi connectivity index (χ3v) is 5.73. The first-order chi connectivity index (χ1) is 7.68. The van der Waals surface area contributed by atoms with Crippen molar-refractivity contribution in [1.29, 1.82) is 0 Å². The summed E-state index contributed by atoms with van der Waals surface area (Å²) in [5.41, 5.74) is 6.44. The second-order valence-electron chi connectivity index (χ2n) is 5.77. The number of likely N-dealkylation sites (tertiary alicyclic amines) is 1. The van der Waals surface area contributed by atoms with Crippen LogP contribution in [0.15, 0.2) is 0 Å². The van der Waals surface area contributed by atoms with Gasteiger partial charge < -0.3 is 5.73 Å². The Kier molecular flexibility index (Phi) is 4.20. The minimum Gasteiger partial charge on any atom is -0.329 e. The van der Waals surface area contributed by atoms with Gasteiger partial charge in [-0.2, -0.15) is 11.8 Å². The number of hydrogen-bond acceptors (Lipinski definition) is 3. The smallest absolute Gasteiger partial charge is 0.0425 e. The Bertz CT molecular complexity index is 226. The minimum absolute atomic E-state index is 0.316. The van der Waals surface area contributed by atoms with E-state index in [0.717, 1.165) is 18.5 Å². The van der Waals surface area contributed by atoms with E-state index in [-0.39, 0.29) is 0 Å². The molecule has 2 saturated heterocycles. The molecule has 2 aliphatic rings. The van der Waals surface area contributed by atoms with E-state index < -0.39 is 0 Å². The summed E-state index contributed by atoms with van der Waals surface area (Å²) in [6, 6.07) is 0.735. The van der Waals surface area contributed by atoms with E-state index in [9.17, 15) is 0 Å². The topological polar surface area (TPSA) is 29.3 Å². The SMILES string of the molecule is CC1CCC(C)N(C2(CN)CCCSC2)C1. The highest BCUT2D eigenvalue weighted by atomic mass is 32.2. The maximum absolute atomic E-state index is 6.12. The maximum atomic E-state index is 6.12. The van der Waals surface area contributed by atoms with E-state index >= 15 is 0 Å². The minimum atomic E-state index is 0.316. The fourth-order valence-corrected chi connectivity index (χ4v) is 4.59. The summed E-state index contributed by atoms with van der Waals surface area (Å²) in [4.78, 5) is 2.74. The molecular formula is C13H26N2S. The van der Waals surface area contributed by atoms with Crippen LogP contribution in [-0.2, 0) is 0 Å². The lowest BCUT2D eigenvalue weighted by atomic mass is 9.85. The Balaban J connectivity index is 2.11. The molecule has 0 amide bonds. The summed E-state index contributed by atoms with van der Waals surface area (Å²) in [6.45, 7) is 6.89. The lowest BCUT2D eigenvalue weighted by molar-refractivity contribution is 0.0170. The van der Waals surface area contributed by atoms with Crippen molar-refractivity contribution in [3.63, 3.8) is 0 Å². The van der Waals surface area contributed by atoms with Gasteiger partial charge in [0.05, 0.1) is 0 Å². The highest BCUT2D eigenvalue weighted by Crippen LogP contribution is 2.36. The molecule has 3 heteroatoms. The Morgan fingerprint density at radius 3 is 2.81 bits per heavy atom. The molecule has 16 heavy (non-hydrogen) atoms. The van der Waals surface area contributed by atoms with Gasteiger partial charge in [-0.1, -0.05) is 6.92 Å². The van der Waals surface area contributed by atoms with Gasteiger partial charge in [0.15, 0.2) is 0 Å². The number of piperidine rings is 1. The molecule has 2 N–H and O–H groups in total. The summed E-state index contributed by atoms with van der Waals surface area (Å²) >= 11 is 2.10. The lowest BCUT2D eigenvalue weighted by Crippen LogP contribution is -2.62. The molecular weight excluding hydrogens is 216 g/mol. The van der Waals surface area contributed by atoms with Crippen molar-refractivity contribution in [3.8, 4) is 0 Å². The summed E-state index contributed by atoms with van der Waals surface area (Å²) in [7, 11) is 0. The van der Waals surface area contributed by atoms with Gasteiger partial charge in [-0.25, -0.2) is 0 Å². The molecule has 0 aromatic carbocycles. The zero-order valence-corrected chi connectivity index (χ0v) is 11.6. The van der Waals surface area contributed by atoms with Crippen molar-refractivity contribution in [1.82, 2.24) is 4.90 Å². The van der Waals surface area contributed by atoms with Gasteiger partial charge in [-0.15, -0.1) is 0 Å². The van der Waals surface area contributed by atoms with Crippen molar-refractivity contribution in [3.05, 3.63) is 0 Å². The quantitative estimate of drug-likeness (QED) is 0.806. The van der Waals surface area contributed by atoms with Crippen LogP contribution in [0.2, 0.25) is 0 Å². The molecule has 2 aliphatic heterocycles. The van der Waals surface area contributed by atoms with Gasteiger partial charge in [-0.3, -0.25) is 4.90 Å². The first kappa shape index (κ1) is 12.7. The van der Waals surface area contributed by atoms with Gasteiger partial charge in [0.25, 0.3) is 0 Å². The molecule has 0 aromatic heterocycles. The average Bonchev–Trinajstić information content (AvgIpc) is 2.33. The van der Waals surface area contributed by atoms with Crippen LogP contribution in [0.1, 0.15) is 39.5 Å². The van der Waals surface area contributed by atoms with Gasteiger partial charge in [0.1, 0.15) is 0 Å². The summed E-state index contributed by atoms with van der Waals surface area (Å²) in [5.74, 6) is 3.44. The van der Waals surface area contributed by atoms with E-state index in [4.69, 9.17) is 5.73 Å². The Hall–Kier alpha value is 0.270. The lowest BCUT2D eigenvalue weighted by Gasteiger charge is -2.51. The van der Waals surface area contributed by atoms with Crippen molar-refractivity contribution >= 4 is 11.8 Å². The first-order valence-electron chi connectivity index (χ1n) is 6.72. The van der Waals surface area contributed by atoms with Crippen LogP contribution in [0.5, 0.6) is 0 Å². The number of nitrogens with two attached hydrogens (primary N) is 1. The van der Waals surface area contributed by atoms with Gasteiger partial charge in [-0.05, 0) is 44.3 Å². The van der Waals surface area contributed by atoms with Gasteiger partial charge >= 0.3 is 0 Å². The molecule has 2 fully saturated rings. The zero-order chi connectivity index (χ0) is 11.6. The van der Waals surface area contributed by atoms with Crippen LogP contribution in [0, 0.1) is 5.92 Å². The van der Waals surface area contributed by atoms with Crippen LogP contribution in [0.3, 0.4) is 0 Å². The molecule has 2 heterocycles. The van der Waals surface area contributed by atoms with Crippen LogP contribution in [0.25, 0.3) is 0 Å². The molecule has 3 unspecified atom stereocenters. The molecule has 0 aromatic rings. The van der Waals surface area contributed by atoms with Crippen molar-refractivity contribution < 1.29 is 0 Å². The molecule has 0 radical (unpaired) electrons. The van der Waals surface area contributed by atoms with Crippen molar-refractivity contribution in [2.45, 2.75) is 51.1 Å². The normalized spacial score (nSPS) is 42.2. The molecule has 2 nitrogen and oxygen atoms in total. The summed E-state index contributed by atoms with van der Waals surface area (Å²) in [6.07, 6.45) is 5.41. The van der Waals surface area contributed by atoms with Gasteiger partial charge in [0, 0.05) is 30.4 Å². The highest BCUT2D eigenvalue weighted by molar-refractivity contribution is 7.99. The highest BCUT2D eigenvalue weighted by Gasteiger charge is 2.41. The second-order valence-corrected chi connectivity index (χ2v) is 6.87. The number of hydrogen-bond donors (Lipinski definition) is 1. The van der Waals surface area contributed by atoms with Crippen LogP contribution in [0.4, 0.5) is 0 Å². The summed E-state index contributed by atoms with van der Waals surface area (Å²) < 4.78 is 0. The fourth-order valence-electron chi connectivity index (χ4n) is 3.29. The standard InChI is InChI=1S/C13H26N2S/c1-11-4-5-12(2)15(8-11)13(9-14)6-3-7-16-10-13/h11-12H,3-10,14H2,1-2H3. The zero-order valence-electron chi connectivity index (χ0n) is 10.7. The van der Waals surface area contributed by atoms with Gasteiger partial charge in [0.2, 0.25) is 0 Å². The molecule has 2 rings (SSSR count). The third-order valence-electron chi connectivity index (χ3n) is 4.41. The Morgan fingerprint density at radius 2 is 2.19 bits per heavy atom. The second kappa shape index (κ2) is 5.28. The van der Waals surface area contributed by atoms with E-state index in [2.05, 4.69) is 30.5 Å². The van der Waals surface area contributed by atoms with Crippen LogP contribution in [-0.4, -0.2) is 41.1 Å². The molecule has 0 spiro atoms. The molecule has 0 saturated carbocycles. The van der Waals surface area contributed by atoms with Crippen molar-refractivity contribution in [2.75, 3.05) is 24.6 Å². The molecule has 0 aliphatic carbocycles. The Labute approximate surface area is 104 Å². The third kappa shape index (κ3) is 2.41. The van der Waals surface area contributed by atoms with Crippen LogP contribution >= 0.6 is 11.8 Å². The average molecular weight is 242 g/mol. The fraction of sp³-hybridized carbons (Fsp3) is 1.00. The van der Waals surface area contributed by atoms with Crippen LogP contribution < -0.4 is 5.73 Å². The molecule has 94 valence electrons. The first-order valence-corrected chi connectivity index (χ1v) is 7.88. The summed E-state index contributed by atoms with van der Waals surface area (Å²) in [5, 5.41) is 0. The predicted octanol–water partition coefficient (Wildman–Crippen LogP) is 2.33. The largest absolute Gasteiger partial charge is 0.329 e.